The van der Waals surface area contributed by atoms with Gasteiger partial charge in [-0.2, -0.15) is 0 Å². The Labute approximate surface area is 84.0 Å². The van der Waals surface area contributed by atoms with Crippen LogP contribution in [0.25, 0.3) is 0 Å². The monoisotopic (exact) mass is 195 g/mol. The van der Waals surface area contributed by atoms with Gasteiger partial charge in [-0.25, -0.2) is 0 Å². The van der Waals surface area contributed by atoms with E-state index in [9.17, 15) is 0 Å². The highest BCUT2D eigenvalue weighted by molar-refractivity contribution is 5.10. The highest BCUT2D eigenvalue weighted by Gasteiger charge is 2.26. The first-order valence-electron chi connectivity index (χ1n) is 5.06. The Bertz CT molecular complexity index is 310. The zero-order valence-electron chi connectivity index (χ0n) is 8.73. The summed E-state index contributed by atoms with van der Waals surface area (Å²) >= 11 is 0. The summed E-state index contributed by atoms with van der Waals surface area (Å²) in [5, 5.41) is 4.06. The molecule has 0 saturated carbocycles. The number of likely N-dealkylation sites (N-methyl/N-ethyl adjacent to an activating group) is 1. The first-order valence-corrected chi connectivity index (χ1v) is 5.06. The van der Waals surface area contributed by atoms with Gasteiger partial charge < -0.3 is 10.3 Å². The lowest BCUT2D eigenvalue weighted by Crippen LogP contribution is -2.42. The molecule has 1 aromatic heterocycles. The van der Waals surface area contributed by atoms with Gasteiger partial charge >= 0.3 is 0 Å². The first kappa shape index (κ1) is 9.68. The van der Waals surface area contributed by atoms with Crippen molar-refractivity contribution < 1.29 is 4.52 Å². The smallest absolute Gasteiger partial charge is 0.133 e. The molecule has 1 aliphatic heterocycles. The van der Waals surface area contributed by atoms with Gasteiger partial charge in [0.15, 0.2) is 0 Å². The van der Waals surface area contributed by atoms with Gasteiger partial charge in [-0.05, 0) is 26.8 Å². The van der Waals surface area contributed by atoms with Crippen molar-refractivity contribution in [2.45, 2.75) is 31.8 Å². The van der Waals surface area contributed by atoms with Crippen LogP contribution < -0.4 is 5.73 Å². The lowest BCUT2D eigenvalue weighted by Gasteiger charge is -2.34. The SMILES string of the molecule is Cc1cc(C2CCC(N)CN2C)no1. The summed E-state index contributed by atoms with van der Waals surface area (Å²) < 4.78 is 5.08. The molecule has 1 saturated heterocycles. The molecule has 14 heavy (non-hydrogen) atoms. The van der Waals surface area contributed by atoms with Crippen molar-refractivity contribution in [2.75, 3.05) is 13.6 Å². The van der Waals surface area contributed by atoms with E-state index in [1.54, 1.807) is 0 Å². The van der Waals surface area contributed by atoms with Gasteiger partial charge in [0.1, 0.15) is 11.5 Å². The topological polar surface area (TPSA) is 55.3 Å². The number of hydrogen-bond donors (Lipinski definition) is 1. The second kappa shape index (κ2) is 3.71. The van der Waals surface area contributed by atoms with E-state index in [2.05, 4.69) is 17.1 Å². The van der Waals surface area contributed by atoms with E-state index in [1.807, 2.05) is 13.0 Å². The molecule has 2 N–H and O–H groups in total. The predicted molar refractivity (Wildman–Crippen MR) is 53.8 cm³/mol. The Morgan fingerprint density at radius 3 is 2.93 bits per heavy atom. The van der Waals surface area contributed by atoms with E-state index in [4.69, 9.17) is 10.3 Å². The summed E-state index contributed by atoms with van der Waals surface area (Å²) in [6.45, 7) is 2.86. The van der Waals surface area contributed by atoms with Crippen molar-refractivity contribution in [3.63, 3.8) is 0 Å². The van der Waals surface area contributed by atoms with Crippen LogP contribution in [0.4, 0.5) is 0 Å². The molecule has 0 aromatic carbocycles. The molecule has 0 bridgehead atoms. The number of aromatic nitrogens is 1. The van der Waals surface area contributed by atoms with Gasteiger partial charge in [-0.3, -0.25) is 4.90 Å². The maximum atomic E-state index is 5.89. The van der Waals surface area contributed by atoms with Crippen LogP contribution in [0.2, 0.25) is 0 Å². The number of hydrogen-bond acceptors (Lipinski definition) is 4. The number of nitrogens with two attached hydrogens (primary N) is 1. The largest absolute Gasteiger partial charge is 0.361 e. The van der Waals surface area contributed by atoms with Crippen molar-refractivity contribution in [2.24, 2.45) is 5.73 Å². The number of likely N-dealkylation sites (tertiary alicyclic amines) is 1. The molecule has 2 atom stereocenters. The normalized spacial score (nSPS) is 29.4. The molecule has 2 heterocycles. The average molecular weight is 195 g/mol. The molecule has 2 rings (SSSR count). The van der Waals surface area contributed by atoms with Crippen LogP contribution in [0.5, 0.6) is 0 Å². The number of piperidine rings is 1. The third-order valence-electron chi connectivity index (χ3n) is 2.85. The van der Waals surface area contributed by atoms with Gasteiger partial charge in [0.2, 0.25) is 0 Å². The second-order valence-corrected chi connectivity index (χ2v) is 4.16. The van der Waals surface area contributed by atoms with Gasteiger partial charge in [-0.1, -0.05) is 5.16 Å². The van der Waals surface area contributed by atoms with E-state index in [0.717, 1.165) is 30.8 Å². The Hall–Kier alpha value is -0.870. The Morgan fingerprint density at radius 2 is 2.36 bits per heavy atom. The quantitative estimate of drug-likeness (QED) is 0.728. The lowest BCUT2D eigenvalue weighted by molar-refractivity contribution is 0.162. The molecular formula is C10H17N3O. The second-order valence-electron chi connectivity index (χ2n) is 4.16. The summed E-state index contributed by atoms with van der Waals surface area (Å²) in [7, 11) is 2.09. The summed E-state index contributed by atoms with van der Waals surface area (Å²) in [6.07, 6.45) is 2.14. The third kappa shape index (κ3) is 1.81. The standard InChI is InChI=1S/C10H17N3O/c1-7-5-9(12-14-7)10-4-3-8(11)6-13(10)2/h5,8,10H,3-4,6,11H2,1-2H3. The molecular weight excluding hydrogens is 178 g/mol. The predicted octanol–water partition coefficient (Wildman–Crippen LogP) is 1.08. The summed E-state index contributed by atoms with van der Waals surface area (Å²) in [6, 6.07) is 2.70. The van der Waals surface area contributed by atoms with E-state index in [-0.39, 0.29) is 0 Å². The Balaban J connectivity index is 2.11. The Kier molecular flexibility index (Phi) is 2.56. The minimum absolute atomic E-state index is 0.309. The van der Waals surface area contributed by atoms with Crippen LogP contribution in [0.15, 0.2) is 10.6 Å². The fourth-order valence-corrected chi connectivity index (χ4v) is 2.10. The van der Waals surface area contributed by atoms with E-state index < -0.39 is 0 Å². The van der Waals surface area contributed by atoms with E-state index in [1.165, 1.54) is 0 Å². The molecule has 0 spiro atoms. The van der Waals surface area contributed by atoms with Crippen LogP contribution in [0, 0.1) is 6.92 Å². The molecule has 4 nitrogen and oxygen atoms in total. The number of rotatable bonds is 1. The highest BCUT2D eigenvalue weighted by Crippen LogP contribution is 2.28. The van der Waals surface area contributed by atoms with Gasteiger partial charge in [0, 0.05) is 18.7 Å². The molecule has 0 amide bonds. The Morgan fingerprint density at radius 1 is 1.57 bits per heavy atom. The van der Waals surface area contributed by atoms with E-state index >= 15 is 0 Å². The summed E-state index contributed by atoms with van der Waals surface area (Å²) in [5.74, 6) is 0.878. The van der Waals surface area contributed by atoms with Crippen LogP contribution >= 0.6 is 0 Å². The van der Waals surface area contributed by atoms with Crippen LogP contribution in [0.1, 0.15) is 30.3 Å². The summed E-state index contributed by atoms with van der Waals surface area (Å²) in [4.78, 5) is 2.26. The van der Waals surface area contributed by atoms with Gasteiger partial charge in [0.25, 0.3) is 0 Å². The number of nitrogens with zero attached hydrogens (tertiary/aromatic N) is 2. The third-order valence-corrected chi connectivity index (χ3v) is 2.85. The van der Waals surface area contributed by atoms with Crippen molar-refractivity contribution in [1.29, 1.82) is 0 Å². The van der Waals surface area contributed by atoms with Crippen LogP contribution in [0.3, 0.4) is 0 Å². The zero-order valence-corrected chi connectivity index (χ0v) is 8.73. The molecule has 78 valence electrons. The highest BCUT2D eigenvalue weighted by atomic mass is 16.5. The molecule has 1 aromatic rings. The number of aryl methyl sites for hydroxylation is 1. The van der Waals surface area contributed by atoms with Gasteiger partial charge in [0.05, 0.1) is 6.04 Å². The lowest BCUT2D eigenvalue weighted by atomic mass is 9.97. The fraction of sp³-hybridized carbons (Fsp3) is 0.700. The van der Waals surface area contributed by atoms with Crippen molar-refractivity contribution in [1.82, 2.24) is 10.1 Å². The summed E-state index contributed by atoms with van der Waals surface area (Å²) in [5.41, 5.74) is 6.92. The van der Waals surface area contributed by atoms with Gasteiger partial charge in [-0.15, -0.1) is 0 Å². The fourth-order valence-electron chi connectivity index (χ4n) is 2.10. The van der Waals surface area contributed by atoms with Crippen molar-refractivity contribution >= 4 is 0 Å². The maximum Gasteiger partial charge on any atom is 0.133 e. The first-order chi connectivity index (χ1) is 6.66. The molecule has 0 aliphatic carbocycles. The maximum absolute atomic E-state index is 5.89. The molecule has 4 heteroatoms. The van der Waals surface area contributed by atoms with E-state index in [0.29, 0.717) is 12.1 Å². The minimum atomic E-state index is 0.309. The van der Waals surface area contributed by atoms with Crippen molar-refractivity contribution in [3.8, 4) is 0 Å². The molecule has 1 fully saturated rings. The average Bonchev–Trinajstić information content (AvgIpc) is 2.51. The van der Waals surface area contributed by atoms with Crippen LogP contribution in [-0.4, -0.2) is 29.7 Å². The van der Waals surface area contributed by atoms with Crippen LogP contribution in [-0.2, 0) is 0 Å². The minimum Gasteiger partial charge on any atom is -0.361 e. The molecule has 2 unspecified atom stereocenters. The zero-order chi connectivity index (χ0) is 10.1. The molecule has 0 radical (unpaired) electrons. The molecule has 1 aliphatic rings. The van der Waals surface area contributed by atoms with Crippen molar-refractivity contribution in [3.05, 3.63) is 17.5 Å².